The number of benzene rings is 1. The second-order valence-electron chi connectivity index (χ2n) is 3.95. The summed E-state index contributed by atoms with van der Waals surface area (Å²) in [7, 11) is 1.96. The molecule has 0 aliphatic carbocycles. The summed E-state index contributed by atoms with van der Waals surface area (Å²) < 4.78 is 3.90. The molecular weight excluding hydrogens is 402 g/mol. The summed E-state index contributed by atoms with van der Waals surface area (Å²) in [5, 5.41) is 0. The summed E-state index contributed by atoms with van der Waals surface area (Å²) in [4.78, 5) is 4.34. The molecule has 18 heavy (non-hydrogen) atoms. The number of rotatable bonds is 2. The van der Waals surface area contributed by atoms with Gasteiger partial charge in [0, 0.05) is 33.3 Å². The summed E-state index contributed by atoms with van der Waals surface area (Å²) >= 11 is 0. The van der Waals surface area contributed by atoms with Crippen molar-refractivity contribution in [2.45, 2.75) is 0 Å². The fourth-order valence-electron chi connectivity index (χ4n) is 1.87. The second kappa shape index (κ2) is 5.34. The Bertz CT molecular complexity index is 625. The van der Waals surface area contributed by atoms with Crippen LogP contribution in [0.5, 0.6) is 0 Å². The molecule has 1 radical (unpaired) electrons. The van der Waals surface area contributed by atoms with Crippen molar-refractivity contribution in [1.82, 2.24) is 14.1 Å². The summed E-state index contributed by atoms with van der Waals surface area (Å²) in [5.74, 6) is 0.886. The maximum Gasteiger partial charge on any atom is 0.0853 e. The monoisotopic (exact) mass is 415 g/mol. The predicted molar refractivity (Wildman–Crippen MR) is 66.8 cm³/mol. The van der Waals surface area contributed by atoms with Gasteiger partial charge in [0.05, 0.1) is 12.1 Å². The van der Waals surface area contributed by atoms with Gasteiger partial charge in [-0.15, -0.1) is 6.07 Å². The van der Waals surface area contributed by atoms with Crippen molar-refractivity contribution in [1.29, 1.82) is 0 Å². The van der Waals surface area contributed by atoms with E-state index >= 15 is 0 Å². The van der Waals surface area contributed by atoms with E-state index in [1.165, 1.54) is 5.56 Å². The maximum absolute atomic E-state index is 4.34. The van der Waals surface area contributed by atoms with Gasteiger partial charge >= 0.3 is 0 Å². The Morgan fingerprint density at radius 3 is 2.56 bits per heavy atom. The van der Waals surface area contributed by atoms with Crippen LogP contribution in [0, 0.1) is 6.20 Å². The predicted octanol–water partition coefficient (Wildman–Crippen LogP) is 2.68. The topological polar surface area (TPSA) is 22.8 Å². The van der Waals surface area contributed by atoms with E-state index in [9.17, 15) is 0 Å². The van der Waals surface area contributed by atoms with Gasteiger partial charge < -0.3 is 9.13 Å². The summed E-state index contributed by atoms with van der Waals surface area (Å²) in [6, 6.07) is 14.2. The van der Waals surface area contributed by atoms with E-state index in [0.717, 1.165) is 11.5 Å². The Hall–Kier alpha value is -1.64. The maximum atomic E-state index is 4.34. The van der Waals surface area contributed by atoms with Crippen LogP contribution in [0.15, 0.2) is 55.0 Å². The fourth-order valence-corrected chi connectivity index (χ4v) is 1.87. The third kappa shape index (κ3) is 2.30. The van der Waals surface area contributed by atoms with Gasteiger partial charge in [-0.05, 0) is 0 Å². The molecule has 93 valence electrons. The largest absolute Gasteiger partial charge is 0.427 e. The first-order valence-electron chi connectivity index (χ1n) is 5.48. The SMILES string of the molecule is Cn1cnc(-n2[c-]ccc2-c2ccccc2)c1.[Ir]. The van der Waals surface area contributed by atoms with E-state index in [0.29, 0.717) is 0 Å². The molecular formula is C14H12IrN3-. The standard InChI is InChI=1S/C14H12N3.Ir/c1-16-10-14(15-11-16)17-9-5-8-13(17)12-6-3-2-4-7-12;/h2-8,10-11H,1H3;/q-1;. The number of imidazole rings is 1. The minimum Gasteiger partial charge on any atom is -0.427 e. The molecule has 0 aliphatic rings. The molecule has 0 amide bonds. The van der Waals surface area contributed by atoms with E-state index in [4.69, 9.17) is 0 Å². The van der Waals surface area contributed by atoms with Crippen LogP contribution >= 0.6 is 0 Å². The van der Waals surface area contributed by atoms with Crippen molar-refractivity contribution in [3.8, 4) is 17.1 Å². The summed E-state index contributed by atoms with van der Waals surface area (Å²) in [6.45, 7) is 0. The number of hydrogen-bond acceptors (Lipinski definition) is 1. The Kier molecular flexibility index (Phi) is 3.80. The Morgan fingerprint density at radius 2 is 1.89 bits per heavy atom. The van der Waals surface area contributed by atoms with Crippen molar-refractivity contribution in [2.24, 2.45) is 7.05 Å². The molecule has 2 heterocycles. The average molecular weight is 414 g/mol. The molecule has 3 aromatic rings. The Labute approximate surface area is 119 Å². The minimum atomic E-state index is 0. The number of aryl methyl sites for hydroxylation is 1. The first-order valence-corrected chi connectivity index (χ1v) is 5.48. The van der Waals surface area contributed by atoms with Gasteiger partial charge in [0.1, 0.15) is 0 Å². The first kappa shape index (κ1) is 12.8. The van der Waals surface area contributed by atoms with Crippen molar-refractivity contribution in [3.63, 3.8) is 0 Å². The van der Waals surface area contributed by atoms with Gasteiger partial charge in [0.25, 0.3) is 0 Å². The zero-order chi connectivity index (χ0) is 11.7. The van der Waals surface area contributed by atoms with Crippen molar-refractivity contribution in [2.75, 3.05) is 0 Å². The molecule has 0 N–H and O–H groups in total. The van der Waals surface area contributed by atoms with Crippen molar-refractivity contribution >= 4 is 0 Å². The van der Waals surface area contributed by atoms with Crippen molar-refractivity contribution < 1.29 is 20.1 Å². The Balaban J connectivity index is 0.00000120. The average Bonchev–Trinajstić information content (AvgIpc) is 2.98. The van der Waals surface area contributed by atoms with Crippen LogP contribution in [0.3, 0.4) is 0 Å². The fraction of sp³-hybridized carbons (Fsp3) is 0.0714. The van der Waals surface area contributed by atoms with Crippen molar-refractivity contribution in [3.05, 3.63) is 61.2 Å². The molecule has 1 aromatic carbocycles. The van der Waals surface area contributed by atoms with Gasteiger partial charge in [-0.1, -0.05) is 47.8 Å². The molecule has 0 fully saturated rings. The third-order valence-electron chi connectivity index (χ3n) is 2.68. The molecule has 0 bridgehead atoms. The zero-order valence-electron chi connectivity index (χ0n) is 9.87. The molecule has 0 spiro atoms. The van der Waals surface area contributed by atoms with E-state index in [-0.39, 0.29) is 20.1 Å². The third-order valence-corrected chi connectivity index (χ3v) is 2.68. The summed E-state index contributed by atoms with van der Waals surface area (Å²) in [6.07, 6.45) is 6.94. The van der Waals surface area contributed by atoms with E-state index < -0.39 is 0 Å². The molecule has 0 saturated carbocycles. The molecule has 0 saturated heterocycles. The number of nitrogens with zero attached hydrogens (tertiary/aromatic N) is 3. The van der Waals surface area contributed by atoms with E-state index in [2.05, 4.69) is 23.3 Å². The Morgan fingerprint density at radius 1 is 1.11 bits per heavy atom. The molecule has 3 rings (SSSR count). The quantitative estimate of drug-likeness (QED) is 0.592. The summed E-state index contributed by atoms with van der Waals surface area (Å²) in [5.41, 5.74) is 2.27. The second-order valence-corrected chi connectivity index (χ2v) is 3.95. The van der Waals surface area contributed by atoms with Crippen LogP contribution in [0.2, 0.25) is 0 Å². The van der Waals surface area contributed by atoms with Crippen LogP contribution in [0.1, 0.15) is 0 Å². The normalized spacial score (nSPS) is 10.1. The smallest absolute Gasteiger partial charge is 0.0853 e. The molecule has 0 atom stereocenters. The molecule has 0 aliphatic heterocycles. The minimum absolute atomic E-state index is 0. The molecule has 2 aromatic heterocycles. The number of aromatic nitrogens is 3. The molecule has 3 nitrogen and oxygen atoms in total. The van der Waals surface area contributed by atoms with Crippen LogP contribution in [-0.2, 0) is 27.2 Å². The molecule has 4 heteroatoms. The van der Waals surface area contributed by atoms with Gasteiger partial charge in [0.2, 0.25) is 0 Å². The first-order chi connectivity index (χ1) is 8.34. The zero-order valence-corrected chi connectivity index (χ0v) is 12.3. The van der Waals surface area contributed by atoms with E-state index in [1.807, 2.05) is 52.7 Å². The van der Waals surface area contributed by atoms with Crippen LogP contribution in [-0.4, -0.2) is 14.1 Å². The van der Waals surface area contributed by atoms with Crippen LogP contribution in [0.4, 0.5) is 0 Å². The molecule has 0 unspecified atom stereocenters. The van der Waals surface area contributed by atoms with Gasteiger partial charge in [-0.2, -0.15) is 6.07 Å². The van der Waals surface area contributed by atoms with Crippen LogP contribution in [0.25, 0.3) is 17.1 Å². The van der Waals surface area contributed by atoms with Gasteiger partial charge in [0.15, 0.2) is 0 Å². The number of hydrogen-bond donors (Lipinski definition) is 0. The van der Waals surface area contributed by atoms with Crippen LogP contribution < -0.4 is 0 Å². The van der Waals surface area contributed by atoms with Gasteiger partial charge in [-0.3, -0.25) is 4.98 Å². The van der Waals surface area contributed by atoms with Gasteiger partial charge in [-0.25, -0.2) is 0 Å². The van der Waals surface area contributed by atoms with E-state index in [1.54, 1.807) is 6.33 Å².